The highest BCUT2D eigenvalue weighted by molar-refractivity contribution is 7.18. The van der Waals surface area contributed by atoms with E-state index in [2.05, 4.69) is 34.4 Å². The molecule has 1 aromatic carbocycles. The van der Waals surface area contributed by atoms with Gasteiger partial charge in [-0.25, -0.2) is 9.97 Å². The summed E-state index contributed by atoms with van der Waals surface area (Å²) in [6.45, 7) is 4.11. The van der Waals surface area contributed by atoms with Gasteiger partial charge in [0.15, 0.2) is 0 Å². The van der Waals surface area contributed by atoms with Crippen molar-refractivity contribution in [1.82, 2.24) is 15.3 Å². The number of nitrogens with zero attached hydrogens (tertiary/aromatic N) is 2. The standard InChI is InChI=1S/C21H23Cl2N5OS/c1-11(2)17(8-12-4-5-13(22)9-14(12)23)27-20(29)19-15(24)10-18(30-19)16-6-7-26-21(25-3)28-16/h4-7,9-11,17H,8,24H2,1-3H3,(H,27,29)(H,25,26,28)/t17-/m0/s1. The molecular weight excluding hydrogens is 441 g/mol. The molecule has 1 atom stereocenters. The van der Waals surface area contributed by atoms with Gasteiger partial charge in [0.1, 0.15) is 4.88 Å². The van der Waals surface area contributed by atoms with Gasteiger partial charge in [-0.2, -0.15) is 0 Å². The molecule has 0 saturated carbocycles. The maximum atomic E-state index is 13.0. The number of carbonyl (C=O) groups is 1. The van der Waals surface area contributed by atoms with Crippen LogP contribution in [-0.2, 0) is 6.42 Å². The van der Waals surface area contributed by atoms with Crippen LogP contribution in [0.1, 0.15) is 29.1 Å². The van der Waals surface area contributed by atoms with Crippen molar-refractivity contribution >= 4 is 52.1 Å². The molecule has 1 amide bonds. The van der Waals surface area contributed by atoms with Crippen LogP contribution in [0.15, 0.2) is 36.5 Å². The largest absolute Gasteiger partial charge is 0.397 e. The number of rotatable bonds is 7. The third-order valence-corrected chi connectivity index (χ3v) is 6.43. The van der Waals surface area contributed by atoms with E-state index in [-0.39, 0.29) is 17.9 Å². The molecule has 0 aliphatic heterocycles. The van der Waals surface area contributed by atoms with Gasteiger partial charge in [0.05, 0.1) is 16.3 Å². The van der Waals surface area contributed by atoms with Crippen LogP contribution >= 0.6 is 34.5 Å². The SMILES string of the molecule is CNc1nccc(-c2cc(N)c(C(=O)N[C@@H](Cc3ccc(Cl)cc3Cl)C(C)C)s2)n1. The summed E-state index contributed by atoms with van der Waals surface area (Å²) in [5.41, 5.74) is 8.21. The highest BCUT2D eigenvalue weighted by Crippen LogP contribution is 2.33. The minimum Gasteiger partial charge on any atom is -0.397 e. The molecule has 0 saturated heterocycles. The van der Waals surface area contributed by atoms with Crippen molar-refractivity contribution in [2.45, 2.75) is 26.3 Å². The maximum Gasteiger partial charge on any atom is 0.263 e. The lowest BCUT2D eigenvalue weighted by Gasteiger charge is -2.23. The summed E-state index contributed by atoms with van der Waals surface area (Å²) in [6, 6.07) is 8.83. The number of carbonyl (C=O) groups excluding carboxylic acids is 1. The molecular formula is C21H23Cl2N5OS. The van der Waals surface area contributed by atoms with E-state index in [4.69, 9.17) is 28.9 Å². The van der Waals surface area contributed by atoms with Gasteiger partial charge in [-0.05, 0) is 42.2 Å². The molecule has 2 aromatic heterocycles. The lowest BCUT2D eigenvalue weighted by Crippen LogP contribution is -2.40. The van der Waals surface area contributed by atoms with E-state index in [1.165, 1.54) is 11.3 Å². The fraction of sp³-hybridized carbons (Fsp3) is 0.286. The molecule has 3 aromatic rings. The van der Waals surface area contributed by atoms with E-state index < -0.39 is 0 Å². The lowest BCUT2D eigenvalue weighted by atomic mass is 9.96. The predicted octanol–water partition coefficient (Wildman–Crippen LogP) is 5.13. The Bertz CT molecular complexity index is 1050. The number of nitrogen functional groups attached to an aromatic ring is 1. The fourth-order valence-electron chi connectivity index (χ4n) is 2.94. The molecule has 0 aliphatic rings. The third kappa shape index (κ3) is 5.22. The molecule has 0 fully saturated rings. The fourth-order valence-corrected chi connectivity index (χ4v) is 4.37. The van der Waals surface area contributed by atoms with E-state index in [9.17, 15) is 4.79 Å². The molecule has 6 nitrogen and oxygen atoms in total. The first-order valence-corrected chi connectivity index (χ1v) is 11.0. The van der Waals surface area contributed by atoms with Crippen LogP contribution in [0, 0.1) is 5.92 Å². The van der Waals surface area contributed by atoms with Gasteiger partial charge < -0.3 is 16.4 Å². The first-order chi connectivity index (χ1) is 14.3. The molecule has 0 aliphatic carbocycles. The van der Waals surface area contributed by atoms with Crippen molar-refractivity contribution in [3.63, 3.8) is 0 Å². The number of amides is 1. The van der Waals surface area contributed by atoms with Crippen molar-refractivity contribution in [2.24, 2.45) is 5.92 Å². The number of nitrogens with one attached hydrogen (secondary N) is 2. The van der Waals surface area contributed by atoms with E-state index in [1.807, 2.05) is 6.07 Å². The number of benzene rings is 1. The summed E-state index contributed by atoms with van der Waals surface area (Å²) in [7, 11) is 1.75. The van der Waals surface area contributed by atoms with Crippen molar-refractivity contribution in [3.8, 4) is 10.6 Å². The molecule has 0 radical (unpaired) electrons. The van der Waals surface area contributed by atoms with Crippen LogP contribution in [0.4, 0.5) is 11.6 Å². The summed E-state index contributed by atoms with van der Waals surface area (Å²) in [6.07, 6.45) is 2.25. The van der Waals surface area contributed by atoms with E-state index >= 15 is 0 Å². The smallest absolute Gasteiger partial charge is 0.263 e. The Morgan fingerprint density at radius 3 is 2.67 bits per heavy atom. The zero-order chi connectivity index (χ0) is 21.8. The molecule has 9 heteroatoms. The summed E-state index contributed by atoms with van der Waals surface area (Å²) in [5.74, 6) is 0.488. The minimum atomic E-state index is -0.213. The predicted molar refractivity (Wildman–Crippen MR) is 126 cm³/mol. The number of anilines is 2. The number of hydrogen-bond donors (Lipinski definition) is 3. The molecule has 158 valence electrons. The van der Waals surface area contributed by atoms with E-state index in [0.717, 1.165) is 10.4 Å². The van der Waals surface area contributed by atoms with Gasteiger partial charge in [-0.1, -0.05) is 43.1 Å². The average Bonchev–Trinajstić information content (AvgIpc) is 3.11. The number of halogens is 2. The van der Waals surface area contributed by atoms with Gasteiger partial charge in [-0.3, -0.25) is 4.79 Å². The second-order valence-electron chi connectivity index (χ2n) is 7.17. The van der Waals surface area contributed by atoms with Crippen LogP contribution in [-0.4, -0.2) is 29.0 Å². The topological polar surface area (TPSA) is 92.9 Å². The third-order valence-electron chi connectivity index (χ3n) is 4.67. The zero-order valence-corrected chi connectivity index (χ0v) is 19.2. The Labute approximate surface area is 189 Å². The van der Waals surface area contributed by atoms with Crippen LogP contribution < -0.4 is 16.4 Å². The van der Waals surface area contributed by atoms with Crippen molar-refractivity contribution in [2.75, 3.05) is 18.1 Å². The van der Waals surface area contributed by atoms with Gasteiger partial charge in [-0.15, -0.1) is 11.3 Å². The molecule has 0 bridgehead atoms. The van der Waals surface area contributed by atoms with Crippen LogP contribution in [0.3, 0.4) is 0 Å². The Balaban J connectivity index is 1.80. The second kappa shape index (κ2) is 9.64. The first kappa shape index (κ1) is 22.3. The van der Waals surface area contributed by atoms with E-state index in [0.29, 0.717) is 38.7 Å². The van der Waals surface area contributed by atoms with Gasteiger partial charge in [0, 0.05) is 29.3 Å². The highest BCUT2D eigenvalue weighted by Gasteiger charge is 2.22. The molecule has 0 unspecified atom stereocenters. The lowest BCUT2D eigenvalue weighted by molar-refractivity contribution is 0.0931. The van der Waals surface area contributed by atoms with E-state index in [1.54, 1.807) is 37.5 Å². The Morgan fingerprint density at radius 2 is 2.00 bits per heavy atom. The zero-order valence-electron chi connectivity index (χ0n) is 16.9. The molecule has 4 N–H and O–H groups in total. The number of hydrogen-bond acceptors (Lipinski definition) is 6. The molecule has 3 rings (SSSR count). The summed E-state index contributed by atoms with van der Waals surface area (Å²) >= 11 is 13.6. The van der Waals surface area contributed by atoms with Crippen molar-refractivity contribution in [1.29, 1.82) is 0 Å². The number of nitrogens with two attached hydrogens (primary N) is 1. The Morgan fingerprint density at radius 1 is 1.23 bits per heavy atom. The van der Waals surface area contributed by atoms with Crippen LogP contribution in [0.5, 0.6) is 0 Å². The van der Waals surface area contributed by atoms with Crippen molar-refractivity contribution < 1.29 is 4.79 Å². The quantitative estimate of drug-likeness (QED) is 0.451. The molecule has 0 spiro atoms. The van der Waals surface area contributed by atoms with Crippen molar-refractivity contribution in [3.05, 3.63) is 57.0 Å². The highest BCUT2D eigenvalue weighted by atomic mass is 35.5. The summed E-state index contributed by atoms with van der Waals surface area (Å²) in [5, 5.41) is 7.18. The van der Waals surface area contributed by atoms with Gasteiger partial charge >= 0.3 is 0 Å². The normalized spacial score (nSPS) is 12.1. The maximum absolute atomic E-state index is 13.0. The monoisotopic (exact) mass is 463 g/mol. The molecule has 30 heavy (non-hydrogen) atoms. The second-order valence-corrected chi connectivity index (χ2v) is 9.07. The minimum absolute atomic E-state index is 0.115. The summed E-state index contributed by atoms with van der Waals surface area (Å²) in [4.78, 5) is 22.8. The summed E-state index contributed by atoms with van der Waals surface area (Å²) < 4.78 is 0. The van der Waals surface area contributed by atoms with Gasteiger partial charge in [0.2, 0.25) is 5.95 Å². The molecule has 2 heterocycles. The van der Waals surface area contributed by atoms with Crippen LogP contribution in [0.2, 0.25) is 10.0 Å². The Hall–Kier alpha value is -2.35. The Kier molecular flexibility index (Phi) is 7.18. The first-order valence-electron chi connectivity index (χ1n) is 9.43. The van der Waals surface area contributed by atoms with Gasteiger partial charge in [0.25, 0.3) is 5.91 Å². The number of aromatic nitrogens is 2. The average molecular weight is 464 g/mol. The van der Waals surface area contributed by atoms with Crippen LogP contribution in [0.25, 0.3) is 10.6 Å². The number of thiophene rings is 1.